The van der Waals surface area contributed by atoms with Gasteiger partial charge >= 0.3 is 0 Å². The summed E-state index contributed by atoms with van der Waals surface area (Å²) in [6, 6.07) is 3.28. The standard InChI is InChI=1S/C13H20BrNO3S/c1-9(2)5-4-6-18-13-10(3)7-11(14)8-12(13)19(15,16)17/h7-9H,4-6H2,1-3H3,(H2,15,16,17). The molecule has 0 spiro atoms. The van der Waals surface area contributed by atoms with E-state index in [0.29, 0.717) is 22.7 Å². The number of benzene rings is 1. The molecule has 0 aromatic heterocycles. The molecule has 4 nitrogen and oxygen atoms in total. The summed E-state index contributed by atoms with van der Waals surface area (Å²) in [4.78, 5) is 0.0314. The van der Waals surface area contributed by atoms with E-state index in [-0.39, 0.29) is 4.90 Å². The van der Waals surface area contributed by atoms with Crippen molar-refractivity contribution < 1.29 is 13.2 Å². The lowest BCUT2D eigenvalue weighted by molar-refractivity contribution is 0.289. The summed E-state index contributed by atoms with van der Waals surface area (Å²) in [5.74, 6) is 0.960. The monoisotopic (exact) mass is 349 g/mol. The lowest BCUT2D eigenvalue weighted by atomic mass is 10.1. The van der Waals surface area contributed by atoms with Gasteiger partial charge in [-0.25, -0.2) is 13.6 Å². The molecule has 0 fully saturated rings. The Morgan fingerprint density at radius 2 is 2.00 bits per heavy atom. The number of nitrogens with two attached hydrogens (primary N) is 1. The Morgan fingerprint density at radius 1 is 1.37 bits per heavy atom. The molecule has 1 aromatic carbocycles. The zero-order valence-corrected chi connectivity index (χ0v) is 13.8. The van der Waals surface area contributed by atoms with Gasteiger partial charge in [-0.05, 0) is 43.4 Å². The summed E-state index contributed by atoms with van der Waals surface area (Å²) in [5, 5.41) is 5.22. The fourth-order valence-corrected chi connectivity index (χ4v) is 3.25. The molecule has 108 valence electrons. The van der Waals surface area contributed by atoms with Crippen LogP contribution in [0.25, 0.3) is 0 Å². The van der Waals surface area contributed by atoms with Crippen LogP contribution >= 0.6 is 15.9 Å². The van der Waals surface area contributed by atoms with Crippen molar-refractivity contribution in [1.82, 2.24) is 0 Å². The smallest absolute Gasteiger partial charge is 0.241 e. The van der Waals surface area contributed by atoms with Crippen LogP contribution in [0.3, 0.4) is 0 Å². The van der Waals surface area contributed by atoms with Gasteiger partial charge in [0.25, 0.3) is 0 Å². The fraction of sp³-hybridized carbons (Fsp3) is 0.538. The van der Waals surface area contributed by atoms with Gasteiger partial charge in [0.2, 0.25) is 10.0 Å². The van der Waals surface area contributed by atoms with Crippen molar-refractivity contribution in [3.63, 3.8) is 0 Å². The van der Waals surface area contributed by atoms with Crippen LogP contribution in [0.1, 0.15) is 32.3 Å². The van der Waals surface area contributed by atoms with E-state index in [0.717, 1.165) is 18.4 Å². The second kappa shape index (κ2) is 6.72. The summed E-state index contributed by atoms with van der Waals surface area (Å²) < 4.78 is 29.4. The van der Waals surface area contributed by atoms with Gasteiger partial charge < -0.3 is 4.74 Å². The number of hydrogen-bond acceptors (Lipinski definition) is 3. The molecule has 0 saturated carbocycles. The van der Waals surface area contributed by atoms with Crippen LogP contribution < -0.4 is 9.88 Å². The van der Waals surface area contributed by atoms with Crippen LogP contribution in [-0.4, -0.2) is 15.0 Å². The van der Waals surface area contributed by atoms with Gasteiger partial charge in [-0.2, -0.15) is 0 Å². The van der Waals surface area contributed by atoms with Gasteiger partial charge in [0, 0.05) is 4.47 Å². The Labute approximate surface area is 123 Å². The maximum absolute atomic E-state index is 11.6. The first kappa shape index (κ1) is 16.5. The Balaban J connectivity index is 2.93. The maximum atomic E-state index is 11.6. The Kier molecular flexibility index (Phi) is 5.82. The minimum Gasteiger partial charge on any atom is -0.492 e. The second-order valence-electron chi connectivity index (χ2n) is 4.98. The summed E-state index contributed by atoms with van der Waals surface area (Å²) in [7, 11) is -3.79. The van der Waals surface area contributed by atoms with E-state index in [9.17, 15) is 8.42 Å². The van der Waals surface area contributed by atoms with Crippen molar-refractivity contribution in [2.75, 3.05) is 6.61 Å². The van der Waals surface area contributed by atoms with Crippen molar-refractivity contribution >= 4 is 26.0 Å². The van der Waals surface area contributed by atoms with E-state index in [2.05, 4.69) is 29.8 Å². The molecular weight excluding hydrogens is 330 g/mol. The molecule has 0 radical (unpaired) electrons. The molecule has 0 heterocycles. The molecule has 0 aliphatic heterocycles. The molecule has 0 saturated heterocycles. The molecule has 0 aliphatic rings. The quantitative estimate of drug-likeness (QED) is 0.801. The highest BCUT2D eigenvalue weighted by Crippen LogP contribution is 2.31. The first-order valence-corrected chi connectivity index (χ1v) is 8.51. The first-order valence-electron chi connectivity index (χ1n) is 6.17. The summed E-state index contributed by atoms with van der Waals surface area (Å²) in [6.45, 7) is 6.57. The molecule has 0 atom stereocenters. The van der Waals surface area contributed by atoms with Crippen LogP contribution in [0.15, 0.2) is 21.5 Å². The average Bonchev–Trinajstić information content (AvgIpc) is 2.24. The topological polar surface area (TPSA) is 69.4 Å². The first-order chi connectivity index (χ1) is 8.71. The molecular formula is C13H20BrNO3S. The maximum Gasteiger partial charge on any atom is 0.241 e. The van der Waals surface area contributed by atoms with Crippen LogP contribution in [0, 0.1) is 12.8 Å². The second-order valence-corrected chi connectivity index (χ2v) is 7.43. The predicted octanol–water partition coefficient (Wildman–Crippen LogP) is 3.22. The van der Waals surface area contributed by atoms with Crippen molar-refractivity contribution in [2.24, 2.45) is 11.1 Å². The zero-order valence-electron chi connectivity index (χ0n) is 11.4. The van der Waals surface area contributed by atoms with Gasteiger partial charge in [-0.3, -0.25) is 0 Å². The number of halogens is 1. The number of sulfonamides is 1. The van der Waals surface area contributed by atoms with Crippen molar-refractivity contribution in [2.45, 2.75) is 38.5 Å². The van der Waals surface area contributed by atoms with Crippen molar-refractivity contribution in [1.29, 1.82) is 0 Å². The molecule has 0 aliphatic carbocycles. The lowest BCUT2D eigenvalue weighted by Gasteiger charge is -2.14. The minimum absolute atomic E-state index is 0.0314. The summed E-state index contributed by atoms with van der Waals surface area (Å²) in [5.41, 5.74) is 0.753. The van der Waals surface area contributed by atoms with Crippen LogP contribution in [-0.2, 0) is 10.0 Å². The molecule has 0 amide bonds. The third-order valence-electron chi connectivity index (χ3n) is 2.68. The molecule has 19 heavy (non-hydrogen) atoms. The van der Waals surface area contributed by atoms with Crippen LogP contribution in [0.2, 0.25) is 0 Å². The van der Waals surface area contributed by atoms with Gasteiger partial charge in [0.1, 0.15) is 10.6 Å². The van der Waals surface area contributed by atoms with Crippen LogP contribution in [0.4, 0.5) is 0 Å². The number of primary sulfonamides is 1. The molecule has 1 aromatic rings. The third-order valence-corrected chi connectivity index (χ3v) is 4.06. The van der Waals surface area contributed by atoms with Gasteiger partial charge in [-0.1, -0.05) is 29.8 Å². The van der Waals surface area contributed by atoms with E-state index in [4.69, 9.17) is 9.88 Å². The Hall–Kier alpha value is -0.590. The van der Waals surface area contributed by atoms with E-state index >= 15 is 0 Å². The largest absolute Gasteiger partial charge is 0.492 e. The fourth-order valence-electron chi connectivity index (χ4n) is 1.76. The summed E-state index contributed by atoms with van der Waals surface area (Å²) in [6.07, 6.45) is 1.93. The SMILES string of the molecule is Cc1cc(Br)cc(S(N)(=O)=O)c1OCCCC(C)C. The highest BCUT2D eigenvalue weighted by atomic mass is 79.9. The van der Waals surface area contributed by atoms with Gasteiger partial charge in [-0.15, -0.1) is 0 Å². The average molecular weight is 350 g/mol. The highest BCUT2D eigenvalue weighted by Gasteiger charge is 2.18. The normalized spacial score (nSPS) is 11.9. The highest BCUT2D eigenvalue weighted by molar-refractivity contribution is 9.10. The number of aryl methyl sites for hydroxylation is 1. The molecule has 1 rings (SSSR count). The Bertz CT molecular complexity index is 541. The van der Waals surface area contributed by atoms with E-state index in [1.54, 1.807) is 6.92 Å². The lowest BCUT2D eigenvalue weighted by Crippen LogP contribution is -2.15. The van der Waals surface area contributed by atoms with Crippen molar-refractivity contribution in [3.8, 4) is 5.75 Å². The molecule has 6 heteroatoms. The predicted molar refractivity (Wildman–Crippen MR) is 79.8 cm³/mol. The zero-order chi connectivity index (χ0) is 14.6. The van der Waals surface area contributed by atoms with E-state index in [1.807, 2.05) is 6.07 Å². The van der Waals surface area contributed by atoms with Gasteiger partial charge in [0.05, 0.1) is 6.61 Å². The third kappa shape index (κ3) is 5.12. The molecule has 0 unspecified atom stereocenters. The number of rotatable bonds is 6. The molecule has 0 bridgehead atoms. The Morgan fingerprint density at radius 3 is 2.53 bits per heavy atom. The number of hydrogen-bond donors (Lipinski definition) is 1. The number of ether oxygens (including phenoxy) is 1. The van der Waals surface area contributed by atoms with Gasteiger partial charge in [0.15, 0.2) is 0 Å². The van der Waals surface area contributed by atoms with E-state index < -0.39 is 10.0 Å². The minimum atomic E-state index is -3.79. The van der Waals surface area contributed by atoms with Crippen LogP contribution in [0.5, 0.6) is 5.75 Å². The molecule has 2 N–H and O–H groups in total. The summed E-state index contributed by atoms with van der Waals surface area (Å²) >= 11 is 3.26. The van der Waals surface area contributed by atoms with E-state index in [1.165, 1.54) is 6.07 Å². The van der Waals surface area contributed by atoms with Crippen molar-refractivity contribution in [3.05, 3.63) is 22.2 Å².